The van der Waals surface area contributed by atoms with E-state index in [-0.39, 0.29) is 18.0 Å². The number of nitrogens with zero attached hydrogens (tertiary/aromatic N) is 1. The average molecular weight is 372 g/mol. The summed E-state index contributed by atoms with van der Waals surface area (Å²) >= 11 is 0. The number of rotatable bonds is 5. The van der Waals surface area contributed by atoms with Crippen molar-refractivity contribution in [3.05, 3.63) is 51.2 Å². The molecular weight excluding hydrogens is 348 g/mol. The first-order chi connectivity index (χ1) is 13.0. The van der Waals surface area contributed by atoms with Gasteiger partial charge < -0.3 is 10.1 Å². The summed E-state index contributed by atoms with van der Waals surface area (Å²) < 4.78 is 5.57. The SMILES string of the molecule is CC1=C(C(=O)OCC2CCCCC2)[C@@H](c2cccc([N+](=O)[O-])c2)CC(=O)N1. The molecule has 1 aliphatic heterocycles. The van der Waals surface area contributed by atoms with Crippen LogP contribution >= 0.6 is 0 Å². The Hall–Kier alpha value is -2.70. The van der Waals surface area contributed by atoms with Gasteiger partial charge in [-0.2, -0.15) is 0 Å². The maximum atomic E-state index is 12.8. The van der Waals surface area contributed by atoms with Crippen molar-refractivity contribution in [3.8, 4) is 0 Å². The molecule has 1 aromatic carbocycles. The number of nitrogens with one attached hydrogen (secondary N) is 1. The summed E-state index contributed by atoms with van der Waals surface area (Å²) in [6, 6.07) is 6.09. The fraction of sp³-hybridized carbons (Fsp3) is 0.500. The molecule has 0 bridgehead atoms. The standard InChI is InChI=1S/C20H24N2O5/c1-13-19(20(24)27-12-14-6-3-2-4-7-14)17(11-18(23)21-13)15-8-5-9-16(10-15)22(25)26/h5,8-10,14,17H,2-4,6-7,11-12H2,1H3,(H,21,23)/t17-/m1/s1. The summed E-state index contributed by atoms with van der Waals surface area (Å²) in [6.07, 6.45) is 5.75. The Morgan fingerprint density at radius 1 is 1.30 bits per heavy atom. The number of hydrogen-bond acceptors (Lipinski definition) is 5. The van der Waals surface area contributed by atoms with Crippen molar-refractivity contribution in [3.63, 3.8) is 0 Å². The Balaban J connectivity index is 1.82. The van der Waals surface area contributed by atoms with Gasteiger partial charge >= 0.3 is 5.97 Å². The van der Waals surface area contributed by atoms with Crippen molar-refractivity contribution in [1.82, 2.24) is 5.32 Å². The lowest BCUT2D eigenvalue weighted by Gasteiger charge is -2.27. The lowest BCUT2D eigenvalue weighted by Crippen LogP contribution is -2.34. The number of amides is 1. The van der Waals surface area contributed by atoms with Crippen LogP contribution in [0.2, 0.25) is 0 Å². The molecule has 0 spiro atoms. The van der Waals surface area contributed by atoms with Crippen LogP contribution in [0, 0.1) is 16.0 Å². The monoisotopic (exact) mass is 372 g/mol. The fourth-order valence-electron chi connectivity index (χ4n) is 3.94. The topological polar surface area (TPSA) is 98.5 Å². The third kappa shape index (κ3) is 4.53. The molecule has 0 saturated heterocycles. The van der Waals surface area contributed by atoms with Gasteiger partial charge in [-0.1, -0.05) is 31.4 Å². The fourth-order valence-corrected chi connectivity index (χ4v) is 3.94. The summed E-state index contributed by atoms with van der Waals surface area (Å²) in [7, 11) is 0. The number of nitro groups is 1. The van der Waals surface area contributed by atoms with Gasteiger partial charge in [0.2, 0.25) is 5.91 Å². The van der Waals surface area contributed by atoms with E-state index in [1.807, 2.05) is 0 Å². The van der Waals surface area contributed by atoms with Crippen molar-refractivity contribution in [2.75, 3.05) is 6.61 Å². The molecule has 0 aromatic heterocycles. The molecule has 1 aliphatic carbocycles. The summed E-state index contributed by atoms with van der Waals surface area (Å²) in [5.41, 5.74) is 1.34. The van der Waals surface area contributed by atoms with Crippen molar-refractivity contribution in [2.24, 2.45) is 5.92 Å². The summed E-state index contributed by atoms with van der Waals surface area (Å²) in [4.78, 5) is 35.4. The first-order valence-corrected chi connectivity index (χ1v) is 9.38. The summed E-state index contributed by atoms with van der Waals surface area (Å²) in [5, 5.41) is 13.8. The number of non-ortho nitro benzene ring substituents is 1. The number of ether oxygens (including phenoxy) is 1. The predicted molar refractivity (Wildman–Crippen MR) is 98.8 cm³/mol. The minimum Gasteiger partial charge on any atom is -0.462 e. The Morgan fingerprint density at radius 2 is 2.04 bits per heavy atom. The number of benzene rings is 1. The molecule has 7 heteroatoms. The van der Waals surface area contributed by atoms with E-state index >= 15 is 0 Å². The average Bonchev–Trinajstić information content (AvgIpc) is 2.66. The number of carbonyl (C=O) groups excluding carboxylic acids is 2. The maximum absolute atomic E-state index is 12.8. The molecule has 7 nitrogen and oxygen atoms in total. The van der Waals surface area contributed by atoms with Gasteiger partial charge in [0, 0.05) is 30.2 Å². The van der Waals surface area contributed by atoms with Gasteiger partial charge in [-0.25, -0.2) is 4.79 Å². The molecule has 1 saturated carbocycles. The van der Waals surface area contributed by atoms with Gasteiger partial charge in [0.25, 0.3) is 5.69 Å². The van der Waals surface area contributed by atoms with Gasteiger partial charge in [0.05, 0.1) is 17.1 Å². The second-order valence-corrected chi connectivity index (χ2v) is 7.30. The third-order valence-electron chi connectivity index (χ3n) is 5.35. The molecule has 27 heavy (non-hydrogen) atoms. The van der Waals surface area contributed by atoms with Crippen LogP contribution in [0.25, 0.3) is 0 Å². The van der Waals surface area contributed by atoms with Crippen LogP contribution in [0.1, 0.15) is 56.9 Å². The molecule has 1 fully saturated rings. The van der Waals surface area contributed by atoms with E-state index in [4.69, 9.17) is 4.74 Å². The lowest BCUT2D eigenvalue weighted by atomic mass is 9.84. The molecule has 1 heterocycles. The highest BCUT2D eigenvalue weighted by Crippen LogP contribution is 2.35. The highest BCUT2D eigenvalue weighted by atomic mass is 16.6. The molecule has 1 aromatic rings. The van der Waals surface area contributed by atoms with E-state index < -0.39 is 16.8 Å². The number of esters is 1. The first-order valence-electron chi connectivity index (χ1n) is 9.38. The Kier molecular flexibility index (Phi) is 5.88. The number of nitro benzene ring substituents is 1. The van der Waals surface area contributed by atoms with Crippen LogP contribution in [0.3, 0.4) is 0 Å². The van der Waals surface area contributed by atoms with E-state index in [2.05, 4.69) is 5.32 Å². The Labute approximate surface area is 157 Å². The van der Waals surface area contributed by atoms with Gasteiger partial charge in [0.1, 0.15) is 0 Å². The Bertz CT molecular complexity index is 780. The van der Waals surface area contributed by atoms with E-state index in [0.717, 1.165) is 25.7 Å². The zero-order valence-corrected chi connectivity index (χ0v) is 15.4. The molecular formula is C20H24N2O5. The second kappa shape index (κ2) is 8.33. The van der Waals surface area contributed by atoms with Crippen molar-refractivity contribution >= 4 is 17.6 Å². The zero-order chi connectivity index (χ0) is 19.4. The molecule has 144 valence electrons. The van der Waals surface area contributed by atoms with Crippen LogP contribution in [-0.2, 0) is 14.3 Å². The van der Waals surface area contributed by atoms with E-state index in [1.165, 1.54) is 18.6 Å². The zero-order valence-electron chi connectivity index (χ0n) is 15.4. The molecule has 3 rings (SSSR count). The molecule has 1 amide bonds. The van der Waals surface area contributed by atoms with Crippen LogP contribution in [0.4, 0.5) is 5.69 Å². The van der Waals surface area contributed by atoms with E-state index in [9.17, 15) is 19.7 Å². The minimum absolute atomic E-state index is 0.0619. The van der Waals surface area contributed by atoms with E-state index in [1.54, 1.807) is 19.1 Å². The quantitative estimate of drug-likeness (QED) is 0.484. The van der Waals surface area contributed by atoms with Gasteiger partial charge in [-0.15, -0.1) is 0 Å². The largest absolute Gasteiger partial charge is 0.462 e. The van der Waals surface area contributed by atoms with Gasteiger partial charge in [-0.3, -0.25) is 14.9 Å². The van der Waals surface area contributed by atoms with Crippen molar-refractivity contribution in [2.45, 2.75) is 51.4 Å². The smallest absolute Gasteiger partial charge is 0.336 e. The predicted octanol–water partition coefficient (Wildman–Crippen LogP) is 3.60. The molecule has 1 atom stereocenters. The molecule has 1 N–H and O–H groups in total. The van der Waals surface area contributed by atoms with Crippen LogP contribution < -0.4 is 5.32 Å². The lowest BCUT2D eigenvalue weighted by molar-refractivity contribution is -0.384. The second-order valence-electron chi connectivity index (χ2n) is 7.30. The Morgan fingerprint density at radius 3 is 2.74 bits per heavy atom. The van der Waals surface area contributed by atoms with Gasteiger partial charge in [0.15, 0.2) is 0 Å². The summed E-state index contributed by atoms with van der Waals surface area (Å²) in [6.45, 7) is 2.05. The first kappa shape index (κ1) is 19.1. The van der Waals surface area contributed by atoms with Gasteiger partial charge in [-0.05, 0) is 31.2 Å². The maximum Gasteiger partial charge on any atom is 0.336 e. The molecule has 0 radical (unpaired) electrons. The van der Waals surface area contributed by atoms with Crippen molar-refractivity contribution < 1.29 is 19.2 Å². The number of allylic oxidation sites excluding steroid dienone is 1. The van der Waals surface area contributed by atoms with E-state index in [0.29, 0.717) is 29.4 Å². The number of carbonyl (C=O) groups is 2. The van der Waals surface area contributed by atoms with Crippen LogP contribution in [-0.4, -0.2) is 23.4 Å². The highest BCUT2D eigenvalue weighted by molar-refractivity contribution is 5.95. The van der Waals surface area contributed by atoms with Crippen molar-refractivity contribution in [1.29, 1.82) is 0 Å². The third-order valence-corrected chi connectivity index (χ3v) is 5.35. The molecule has 0 unspecified atom stereocenters. The summed E-state index contributed by atoms with van der Waals surface area (Å²) in [5.74, 6) is -0.821. The minimum atomic E-state index is -0.544. The molecule has 2 aliphatic rings. The number of hydrogen-bond donors (Lipinski definition) is 1. The van der Waals surface area contributed by atoms with Crippen LogP contribution in [0.5, 0.6) is 0 Å². The normalized spacial score (nSPS) is 20.9. The highest BCUT2D eigenvalue weighted by Gasteiger charge is 2.33. The van der Waals surface area contributed by atoms with Crippen LogP contribution in [0.15, 0.2) is 35.5 Å².